The van der Waals surface area contributed by atoms with Gasteiger partial charge >= 0.3 is 6.18 Å². The van der Waals surface area contributed by atoms with Crippen molar-refractivity contribution in [3.8, 4) is 5.75 Å². The molecule has 0 spiro atoms. The summed E-state index contributed by atoms with van der Waals surface area (Å²) in [6, 6.07) is 12.3. The number of aromatic nitrogens is 3. The third-order valence-electron chi connectivity index (χ3n) is 3.64. The minimum atomic E-state index is -4.42. The summed E-state index contributed by atoms with van der Waals surface area (Å²) in [6.07, 6.45) is -2.99. The first-order valence-corrected chi connectivity index (χ1v) is 7.95. The number of rotatable bonds is 6. The van der Waals surface area contributed by atoms with Crippen molar-refractivity contribution in [2.24, 2.45) is 0 Å². The number of hydrogen-bond acceptors (Lipinski definition) is 6. The number of ether oxygens (including phenoxy) is 1. The number of alkyl halides is 3. The molecule has 0 aliphatic rings. The lowest BCUT2D eigenvalue weighted by Gasteiger charge is -2.10. The number of nitrogens with one attached hydrogen (secondary N) is 2. The Kier molecular flexibility index (Phi) is 5.39. The molecule has 0 fully saturated rings. The fourth-order valence-electron chi connectivity index (χ4n) is 2.28. The van der Waals surface area contributed by atoms with Gasteiger partial charge in [-0.25, -0.2) is 0 Å². The first kappa shape index (κ1) is 18.4. The monoisotopic (exact) mass is 375 g/mol. The van der Waals surface area contributed by atoms with Crippen LogP contribution < -0.4 is 15.4 Å². The maximum absolute atomic E-state index is 12.8. The van der Waals surface area contributed by atoms with Gasteiger partial charge in [-0.3, -0.25) is 0 Å². The second-order valence-corrected chi connectivity index (χ2v) is 5.57. The lowest BCUT2D eigenvalue weighted by Crippen LogP contribution is -2.07. The predicted molar refractivity (Wildman–Crippen MR) is 94.9 cm³/mol. The highest BCUT2D eigenvalue weighted by atomic mass is 19.4. The highest BCUT2D eigenvalue weighted by Gasteiger charge is 2.30. The van der Waals surface area contributed by atoms with Crippen LogP contribution in [0.15, 0.2) is 54.7 Å². The van der Waals surface area contributed by atoms with Crippen LogP contribution in [0.2, 0.25) is 0 Å². The molecule has 2 aromatic carbocycles. The van der Waals surface area contributed by atoms with E-state index < -0.39 is 11.7 Å². The highest BCUT2D eigenvalue weighted by Crippen LogP contribution is 2.31. The fourth-order valence-corrected chi connectivity index (χ4v) is 2.28. The van der Waals surface area contributed by atoms with Gasteiger partial charge in [-0.2, -0.15) is 23.3 Å². The topological polar surface area (TPSA) is 72.0 Å². The predicted octanol–water partition coefficient (Wildman–Crippen LogP) is 4.25. The molecule has 0 radical (unpaired) electrons. The van der Waals surface area contributed by atoms with Crippen LogP contribution >= 0.6 is 0 Å². The summed E-state index contributed by atoms with van der Waals surface area (Å²) in [6.45, 7) is 0.492. The van der Waals surface area contributed by atoms with E-state index in [9.17, 15) is 13.2 Å². The van der Waals surface area contributed by atoms with Gasteiger partial charge in [0.2, 0.25) is 5.95 Å². The van der Waals surface area contributed by atoms with E-state index in [2.05, 4.69) is 25.8 Å². The summed E-state index contributed by atoms with van der Waals surface area (Å²) in [5.74, 6) is 1.29. The van der Waals surface area contributed by atoms with Crippen molar-refractivity contribution in [1.82, 2.24) is 15.2 Å². The maximum atomic E-state index is 12.8. The van der Waals surface area contributed by atoms with E-state index >= 15 is 0 Å². The average molecular weight is 375 g/mol. The third kappa shape index (κ3) is 5.06. The molecule has 1 heterocycles. The molecular formula is C18H16F3N5O. The van der Waals surface area contributed by atoms with E-state index in [1.165, 1.54) is 18.3 Å². The minimum absolute atomic E-state index is 0.0917. The molecule has 0 saturated heterocycles. The summed E-state index contributed by atoms with van der Waals surface area (Å²) < 4.78 is 43.5. The van der Waals surface area contributed by atoms with Crippen molar-refractivity contribution in [2.45, 2.75) is 12.7 Å². The summed E-state index contributed by atoms with van der Waals surface area (Å²) in [5.41, 5.74) is 0.468. The van der Waals surface area contributed by atoms with Gasteiger partial charge in [-0.05, 0) is 35.9 Å². The molecule has 0 bridgehead atoms. The van der Waals surface area contributed by atoms with Crippen molar-refractivity contribution >= 4 is 17.5 Å². The molecule has 3 rings (SSSR count). The molecule has 6 nitrogen and oxygen atoms in total. The molecule has 0 atom stereocenters. The van der Waals surface area contributed by atoms with Gasteiger partial charge in [-0.1, -0.05) is 18.2 Å². The van der Waals surface area contributed by atoms with Crippen molar-refractivity contribution in [3.63, 3.8) is 0 Å². The van der Waals surface area contributed by atoms with E-state index in [1.807, 2.05) is 24.3 Å². The molecule has 27 heavy (non-hydrogen) atoms. The largest absolute Gasteiger partial charge is 0.497 e. The molecule has 0 amide bonds. The zero-order valence-electron chi connectivity index (χ0n) is 14.3. The highest BCUT2D eigenvalue weighted by molar-refractivity contribution is 5.55. The van der Waals surface area contributed by atoms with Crippen LogP contribution in [-0.4, -0.2) is 22.3 Å². The molecular weight excluding hydrogens is 359 g/mol. The summed E-state index contributed by atoms with van der Waals surface area (Å²) in [4.78, 5) is 4.21. The Balaban J connectivity index is 1.66. The molecule has 3 aromatic rings. The Hall–Kier alpha value is -3.36. The zero-order chi connectivity index (χ0) is 19.3. The Morgan fingerprint density at radius 3 is 2.56 bits per heavy atom. The van der Waals surface area contributed by atoms with Gasteiger partial charge in [0, 0.05) is 12.2 Å². The number of anilines is 3. The van der Waals surface area contributed by atoms with E-state index in [1.54, 1.807) is 7.11 Å². The first-order valence-electron chi connectivity index (χ1n) is 7.95. The van der Waals surface area contributed by atoms with Gasteiger partial charge in [0.25, 0.3) is 0 Å². The van der Waals surface area contributed by atoms with E-state index in [-0.39, 0.29) is 11.6 Å². The fraction of sp³-hybridized carbons (Fsp3) is 0.167. The van der Waals surface area contributed by atoms with Crippen molar-refractivity contribution in [3.05, 3.63) is 65.9 Å². The summed E-state index contributed by atoms with van der Waals surface area (Å²) >= 11 is 0. The van der Waals surface area contributed by atoms with Gasteiger partial charge in [-0.15, -0.1) is 5.10 Å². The van der Waals surface area contributed by atoms with Gasteiger partial charge in [0.15, 0.2) is 5.82 Å². The van der Waals surface area contributed by atoms with Crippen LogP contribution in [0.5, 0.6) is 5.75 Å². The molecule has 9 heteroatoms. The molecule has 0 unspecified atom stereocenters. The third-order valence-corrected chi connectivity index (χ3v) is 3.64. The number of halogens is 3. The lowest BCUT2D eigenvalue weighted by atomic mass is 10.2. The maximum Gasteiger partial charge on any atom is 0.416 e. The number of nitrogens with zero attached hydrogens (tertiary/aromatic N) is 3. The second kappa shape index (κ2) is 7.90. The van der Waals surface area contributed by atoms with Crippen LogP contribution in [-0.2, 0) is 12.7 Å². The first-order chi connectivity index (χ1) is 12.9. The quantitative estimate of drug-likeness (QED) is 0.671. The van der Waals surface area contributed by atoms with E-state index in [0.29, 0.717) is 12.4 Å². The molecule has 1 aromatic heterocycles. The molecule has 0 aliphatic heterocycles. The smallest absolute Gasteiger partial charge is 0.416 e. The zero-order valence-corrected chi connectivity index (χ0v) is 14.3. The Morgan fingerprint density at radius 2 is 1.85 bits per heavy atom. The Morgan fingerprint density at radius 1 is 1.07 bits per heavy atom. The van der Waals surface area contributed by atoms with E-state index in [4.69, 9.17) is 4.74 Å². The van der Waals surface area contributed by atoms with Crippen LogP contribution in [0, 0.1) is 0 Å². The number of benzene rings is 2. The minimum Gasteiger partial charge on any atom is -0.497 e. The van der Waals surface area contributed by atoms with Crippen LogP contribution in [0.25, 0.3) is 0 Å². The number of hydrogen-bond donors (Lipinski definition) is 2. The summed E-state index contributed by atoms with van der Waals surface area (Å²) in [7, 11) is 1.60. The molecule has 140 valence electrons. The van der Waals surface area contributed by atoms with Gasteiger partial charge < -0.3 is 15.4 Å². The van der Waals surface area contributed by atoms with Crippen LogP contribution in [0.4, 0.5) is 30.6 Å². The van der Waals surface area contributed by atoms with E-state index in [0.717, 1.165) is 23.4 Å². The standard InChI is InChI=1S/C18H16F3N5O/c1-27-15-7-5-12(6-8-15)10-22-16-11-23-26-17(25-16)24-14-4-2-3-13(9-14)18(19,20)21/h2-9,11H,10H2,1H3,(H2,22,24,25,26). The second-order valence-electron chi connectivity index (χ2n) is 5.57. The van der Waals surface area contributed by atoms with Crippen molar-refractivity contribution < 1.29 is 17.9 Å². The van der Waals surface area contributed by atoms with Gasteiger partial charge in [0.1, 0.15) is 5.75 Å². The Labute approximate surface area is 153 Å². The lowest BCUT2D eigenvalue weighted by molar-refractivity contribution is -0.137. The molecule has 0 aliphatic carbocycles. The average Bonchev–Trinajstić information content (AvgIpc) is 2.67. The normalized spacial score (nSPS) is 11.1. The van der Waals surface area contributed by atoms with Gasteiger partial charge in [0.05, 0.1) is 18.9 Å². The van der Waals surface area contributed by atoms with Crippen LogP contribution in [0.3, 0.4) is 0 Å². The van der Waals surface area contributed by atoms with Crippen molar-refractivity contribution in [1.29, 1.82) is 0 Å². The molecule has 0 saturated carbocycles. The molecule has 2 N–H and O–H groups in total. The van der Waals surface area contributed by atoms with Crippen molar-refractivity contribution in [2.75, 3.05) is 17.7 Å². The Bertz CT molecular complexity index is 900. The van der Waals surface area contributed by atoms with Crippen LogP contribution in [0.1, 0.15) is 11.1 Å². The number of methoxy groups -OCH3 is 1. The SMILES string of the molecule is COc1ccc(CNc2cnnc(Nc3cccc(C(F)(F)F)c3)n2)cc1. The summed E-state index contributed by atoms with van der Waals surface area (Å²) in [5, 5.41) is 13.4.